The van der Waals surface area contributed by atoms with Gasteiger partial charge in [-0.15, -0.1) is 24.0 Å². The number of fused-ring (bicyclic) bond motifs is 3. The van der Waals surface area contributed by atoms with E-state index in [1.54, 1.807) is 6.07 Å². The molecule has 1 aromatic carbocycles. The van der Waals surface area contributed by atoms with Crippen molar-refractivity contribution in [3.05, 3.63) is 34.7 Å². The predicted octanol–water partition coefficient (Wildman–Crippen LogP) is 3.29. The third-order valence-corrected chi connectivity index (χ3v) is 4.07. The minimum atomic E-state index is -0.653. The lowest BCUT2D eigenvalue weighted by molar-refractivity contribution is 0.0987. The number of carbonyl (C=O) groups excluding carboxylic acids is 1. The van der Waals surface area contributed by atoms with E-state index in [2.05, 4.69) is 4.98 Å². The van der Waals surface area contributed by atoms with Gasteiger partial charge in [0, 0.05) is 11.1 Å². The quantitative estimate of drug-likeness (QED) is 0.756. The van der Waals surface area contributed by atoms with E-state index in [-0.39, 0.29) is 18.2 Å². The van der Waals surface area contributed by atoms with Gasteiger partial charge < -0.3 is 5.73 Å². The van der Waals surface area contributed by atoms with Gasteiger partial charge in [-0.25, -0.2) is 4.98 Å². The van der Waals surface area contributed by atoms with E-state index in [4.69, 9.17) is 17.3 Å². The average molecular weight is 287 g/mol. The summed E-state index contributed by atoms with van der Waals surface area (Å²) in [6.07, 6.45) is 0. The van der Waals surface area contributed by atoms with Gasteiger partial charge in [-0.05, 0) is 0 Å². The van der Waals surface area contributed by atoms with E-state index in [9.17, 15) is 4.79 Å². The topological polar surface area (TPSA) is 56.0 Å². The maximum atomic E-state index is 12.0. The molecule has 6 heteroatoms. The van der Waals surface area contributed by atoms with Crippen LogP contribution in [0.15, 0.2) is 24.3 Å². The Kier molecular flexibility index (Phi) is 3.12. The van der Waals surface area contributed by atoms with Crippen molar-refractivity contribution in [1.82, 2.24) is 4.98 Å². The van der Waals surface area contributed by atoms with Crippen molar-refractivity contribution in [2.75, 3.05) is 5.73 Å². The summed E-state index contributed by atoms with van der Waals surface area (Å²) >= 11 is 7.38. The first-order chi connectivity index (χ1) is 7.68. The molecule has 3 nitrogen and oxygen atoms in total. The van der Waals surface area contributed by atoms with E-state index < -0.39 is 5.38 Å². The van der Waals surface area contributed by atoms with Crippen LogP contribution < -0.4 is 5.73 Å². The molecular formula is C11H8Cl2N2OS. The summed E-state index contributed by atoms with van der Waals surface area (Å²) in [6, 6.07) is 7.33. The Morgan fingerprint density at radius 3 is 2.65 bits per heavy atom. The fourth-order valence-electron chi connectivity index (χ4n) is 1.87. The molecule has 1 unspecified atom stereocenters. The molecule has 1 aliphatic rings. The van der Waals surface area contributed by atoms with Crippen LogP contribution in [0.25, 0.3) is 11.3 Å². The Balaban J connectivity index is 0.00000108. The lowest BCUT2D eigenvalue weighted by atomic mass is 9.92. The van der Waals surface area contributed by atoms with Gasteiger partial charge in [0.25, 0.3) is 0 Å². The molecule has 0 fully saturated rings. The number of alkyl halides is 1. The number of Topliss-reactive ketones (excluding diaryl/α,β-unsaturated/α-hetero) is 1. The van der Waals surface area contributed by atoms with Gasteiger partial charge in [-0.2, -0.15) is 0 Å². The fourth-order valence-corrected chi connectivity index (χ4v) is 3.05. The molecule has 2 aromatic rings. The molecule has 1 aliphatic carbocycles. The van der Waals surface area contributed by atoms with Crippen LogP contribution in [-0.4, -0.2) is 10.8 Å². The first-order valence-electron chi connectivity index (χ1n) is 4.72. The Labute approximate surface area is 113 Å². The monoisotopic (exact) mass is 286 g/mol. The molecule has 0 aliphatic heterocycles. The number of ketones is 1. The first-order valence-corrected chi connectivity index (χ1v) is 5.97. The van der Waals surface area contributed by atoms with Crippen molar-refractivity contribution in [2.24, 2.45) is 0 Å². The average Bonchev–Trinajstić information content (AvgIpc) is 2.68. The lowest BCUT2D eigenvalue weighted by Gasteiger charge is -2.17. The number of nitrogens with zero attached hydrogens (tertiary/aromatic N) is 1. The van der Waals surface area contributed by atoms with Crippen LogP contribution in [-0.2, 0) is 0 Å². The van der Waals surface area contributed by atoms with Crippen molar-refractivity contribution in [3.63, 3.8) is 0 Å². The molecule has 0 saturated heterocycles. The van der Waals surface area contributed by atoms with Gasteiger partial charge in [0.1, 0.15) is 5.38 Å². The number of hydrogen-bond donors (Lipinski definition) is 1. The van der Waals surface area contributed by atoms with Gasteiger partial charge in [-0.1, -0.05) is 35.6 Å². The molecule has 0 radical (unpaired) electrons. The molecule has 1 aromatic heterocycles. The minimum Gasteiger partial charge on any atom is -0.375 e. The number of nitrogens with two attached hydrogens (primary N) is 1. The predicted molar refractivity (Wildman–Crippen MR) is 72.1 cm³/mol. The van der Waals surface area contributed by atoms with Crippen molar-refractivity contribution in [3.8, 4) is 11.3 Å². The second-order valence-electron chi connectivity index (χ2n) is 3.54. The largest absolute Gasteiger partial charge is 0.375 e. The SMILES string of the molecule is Cl.Nc1nc2c(s1)C(Cl)C(=O)c1ccccc1-2. The molecule has 0 amide bonds. The van der Waals surface area contributed by atoms with Gasteiger partial charge in [0.15, 0.2) is 10.9 Å². The van der Waals surface area contributed by atoms with Gasteiger partial charge in [0.2, 0.25) is 0 Å². The molecule has 2 N–H and O–H groups in total. The zero-order valence-electron chi connectivity index (χ0n) is 8.51. The molecule has 1 atom stereocenters. The van der Waals surface area contributed by atoms with Crippen molar-refractivity contribution in [1.29, 1.82) is 0 Å². The maximum Gasteiger partial charge on any atom is 0.186 e. The summed E-state index contributed by atoms with van der Waals surface area (Å²) in [5.41, 5.74) is 7.86. The van der Waals surface area contributed by atoms with Crippen LogP contribution in [0.4, 0.5) is 5.13 Å². The van der Waals surface area contributed by atoms with E-state index in [1.807, 2.05) is 18.2 Å². The Morgan fingerprint density at radius 2 is 1.94 bits per heavy atom. The smallest absolute Gasteiger partial charge is 0.186 e. The van der Waals surface area contributed by atoms with Crippen molar-refractivity contribution in [2.45, 2.75) is 5.38 Å². The highest BCUT2D eigenvalue weighted by Crippen LogP contribution is 2.44. The Morgan fingerprint density at radius 1 is 1.29 bits per heavy atom. The van der Waals surface area contributed by atoms with Gasteiger partial charge in [0.05, 0.1) is 10.6 Å². The van der Waals surface area contributed by atoms with E-state index in [1.165, 1.54) is 11.3 Å². The highest BCUT2D eigenvalue weighted by atomic mass is 35.5. The number of hydrogen-bond acceptors (Lipinski definition) is 4. The number of thiazole rings is 1. The molecule has 3 rings (SSSR count). The minimum absolute atomic E-state index is 0. The highest BCUT2D eigenvalue weighted by molar-refractivity contribution is 7.16. The molecule has 88 valence electrons. The number of aromatic nitrogens is 1. The van der Waals surface area contributed by atoms with Crippen LogP contribution >= 0.6 is 35.3 Å². The Bertz CT molecular complexity index is 597. The second-order valence-corrected chi connectivity index (χ2v) is 5.04. The van der Waals surface area contributed by atoms with Gasteiger partial charge in [-0.3, -0.25) is 4.79 Å². The molecule has 0 bridgehead atoms. The summed E-state index contributed by atoms with van der Waals surface area (Å²) in [5.74, 6) is -0.0755. The van der Waals surface area contributed by atoms with Crippen LogP contribution in [0.2, 0.25) is 0 Å². The zero-order valence-corrected chi connectivity index (χ0v) is 10.9. The van der Waals surface area contributed by atoms with Crippen LogP contribution in [0.1, 0.15) is 20.6 Å². The standard InChI is InChI=1S/C11H7ClN2OS.ClH/c12-7-9(15)6-4-2-1-3-5(6)8-10(7)16-11(13)14-8;/h1-4,7H,(H2,13,14);1H. The number of benzene rings is 1. The second kappa shape index (κ2) is 4.29. The fraction of sp³-hybridized carbons (Fsp3) is 0.0909. The summed E-state index contributed by atoms with van der Waals surface area (Å²) in [4.78, 5) is 17.0. The summed E-state index contributed by atoms with van der Waals surface area (Å²) in [5, 5.41) is -0.208. The van der Waals surface area contributed by atoms with Crippen molar-refractivity contribution < 1.29 is 4.79 Å². The van der Waals surface area contributed by atoms with Gasteiger partial charge >= 0.3 is 0 Å². The number of nitrogen functional groups attached to an aromatic ring is 1. The summed E-state index contributed by atoms with van der Waals surface area (Å²) in [7, 11) is 0. The number of carbonyl (C=O) groups is 1. The van der Waals surface area contributed by atoms with E-state index in [0.717, 1.165) is 16.1 Å². The molecule has 0 saturated carbocycles. The zero-order chi connectivity index (χ0) is 11.3. The van der Waals surface area contributed by atoms with Crippen LogP contribution in [0, 0.1) is 0 Å². The molecule has 17 heavy (non-hydrogen) atoms. The van der Waals surface area contributed by atoms with E-state index >= 15 is 0 Å². The summed E-state index contributed by atoms with van der Waals surface area (Å²) in [6.45, 7) is 0. The maximum absolute atomic E-state index is 12.0. The van der Waals surface area contributed by atoms with Crippen molar-refractivity contribution >= 4 is 46.3 Å². The molecular weight excluding hydrogens is 279 g/mol. The molecule has 1 heterocycles. The first kappa shape index (κ1) is 12.4. The normalized spacial score (nSPS) is 17.0. The number of anilines is 1. The highest BCUT2D eigenvalue weighted by Gasteiger charge is 2.33. The number of rotatable bonds is 0. The summed E-state index contributed by atoms with van der Waals surface area (Å²) < 4.78 is 0. The van der Waals surface area contributed by atoms with Crippen LogP contribution in [0.5, 0.6) is 0 Å². The third-order valence-electron chi connectivity index (χ3n) is 2.58. The number of halogens is 2. The lowest BCUT2D eigenvalue weighted by Crippen LogP contribution is -2.13. The van der Waals surface area contributed by atoms with Crippen LogP contribution in [0.3, 0.4) is 0 Å². The Hall–Kier alpha value is -1.10. The van der Waals surface area contributed by atoms with E-state index in [0.29, 0.717) is 10.7 Å². The third kappa shape index (κ3) is 1.73. The molecule has 0 spiro atoms.